The average molecular weight is 547 g/mol. The molecule has 0 fully saturated rings. The van der Waals surface area contributed by atoms with Crippen LogP contribution >= 0.6 is 0 Å². The third-order valence-corrected chi connectivity index (χ3v) is 7.65. The zero-order valence-electron chi connectivity index (χ0n) is 23.1. The Bertz CT molecular complexity index is 1700. The summed E-state index contributed by atoms with van der Waals surface area (Å²) in [6.45, 7) is 0. The molecule has 6 rings (SSSR count). The summed E-state index contributed by atoms with van der Waals surface area (Å²) in [7, 11) is 0. The van der Waals surface area contributed by atoms with Crippen molar-refractivity contribution in [1.82, 2.24) is 9.55 Å². The van der Waals surface area contributed by atoms with E-state index < -0.39 is 5.54 Å². The molecule has 204 valence electrons. The number of carbonyl (C=O) groups excluding carboxylic acids is 2. The first-order chi connectivity index (χ1) is 20.6. The summed E-state index contributed by atoms with van der Waals surface area (Å²) in [5.74, 6) is -0.528. The molecule has 4 heteroatoms. The van der Waals surface area contributed by atoms with Crippen molar-refractivity contribution in [1.29, 1.82) is 0 Å². The molecule has 0 aliphatic rings. The second kappa shape index (κ2) is 12.0. The average Bonchev–Trinajstić information content (AvgIpc) is 3.55. The standard InChI is InChI=1S/C38H30N2O2/c41-36(31-17-13-16-30(25-31)24-29-14-5-1-6-15-29)26-37(42)35-27-40(28-39-35)38(32-18-7-2-8-19-32,33-20-9-3-10-21-33)34-22-11-4-12-23-34/h1-23,25,27-28H,24,26H2. The Morgan fingerprint density at radius 3 is 1.62 bits per heavy atom. The van der Waals surface area contributed by atoms with Crippen LogP contribution in [0.2, 0.25) is 0 Å². The highest BCUT2D eigenvalue weighted by Crippen LogP contribution is 2.40. The van der Waals surface area contributed by atoms with Gasteiger partial charge in [-0.3, -0.25) is 9.59 Å². The van der Waals surface area contributed by atoms with E-state index in [9.17, 15) is 9.59 Å². The largest absolute Gasteiger partial charge is 0.318 e. The second-order valence-electron chi connectivity index (χ2n) is 10.4. The topological polar surface area (TPSA) is 52.0 Å². The summed E-state index contributed by atoms with van der Waals surface area (Å²) >= 11 is 0. The molecule has 0 amide bonds. The van der Waals surface area contributed by atoms with E-state index in [1.807, 2.05) is 95.6 Å². The molecular formula is C38H30N2O2. The number of aromatic nitrogens is 2. The molecule has 0 aliphatic carbocycles. The smallest absolute Gasteiger partial charge is 0.190 e. The maximum Gasteiger partial charge on any atom is 0.190 e. The van der Waals surface area contributed by atoms with Gasteiger partial charge in [0.05, 0.1) is 12.7 Å². The number of Topliss-reactive ketones (excluding diaryl/α,β-unsaturated/α-hetero) is 2. The summed E-state index contributed by atoms with van der Waals surface area (Å²) < 4.78 is 1.99. The van der Waals surface area contributed by atoms with E-state index >= 15 is 0 Å². The molecule has 0 spiro atoms. The molecular weight excluding hydrogens is 516 g/mol. The number of hydrogen-bond donors (Lipinski definition) is 0. The number of carbonyl (C=O) groups is 2. The van der Waals surface area contributed by atoms with Crippen molar-refractivity contribution in [3.8, 4) is 0 Å². The first-order valence-electron chi connectivity index (χ1n) is 14.0. The fourth-order valence-electron chi connectivity index (χ4n) is 5.66. The quantitative estimate of drug-likeness (QED) is 0.100. The van der Waals surface area contributed by atoms with Crippen molar-refractivity contribution in [2.75, 3.05) is 0 Å². The van der Waals surface area contributed by atoms with Gasteiger partial charge >= 0.3 is 0 Å². The van der Waals surface area contributed by atoms with E-state index in [-0.39, 0.29) is 23.7 Å². The molecule has 4 nitrogen and oxygen atoms in total. The van der Waals surface area contributed by atoms with Gasteiger partial charge in [-0.25, -0.2) is 4.98 Å². The zero-order chi connectivity index (χ0) is 28.8. The van der Waals surface area contributed by atoms with E-state index in [0.717, 1.165) is 28.7 Å². The van der Waals surface area contributed by atoms with Gasteiger partial charge in [-0.05, 0) is 40.3 Å². The molecule has 1 heterocycles. The predicted octanol–water partition coefficient (Wildman–Crippen LogP) is 7.77. The van der Waals surface area contributed by atoms with Crippen LogP contribution in [-0.4, -0.2) is 21.1 Å². The minimum absolute atomic E-state index is 0.218. The zero-order valence-corrected chi connectivity index (χ0v) is 23.1. The van der Waals surface area contributed by atoms with E-state index in [0.29, 0.717) is 5.56 Å². The summed E-state index contributed by atoms with van der Waals surface area (Å²) in [6, 6.07) is 48.3. The molecule has 5 aromatic carbocycles. The summed E-state index contributed by atoms with van der Waals surface area (Å²) in [4.78, 5) is 31.2. The predicted molar refractivity (Wildman–Crippen MR) is 166 cm³/mol. The van der Waals surface area contributed by atoms with Crippen LogP contribution in [0.15, 0.2) is 158 Å². The van der Waals surface area contributed by atoms with Crippen molar-refractivity contribution < 1.29 is 9.59 Å². The van der Waals surface area contributed by atoms with Gasteiger partial charge in [-0.1, -0.05) is 140 Å². The third kappa shape index (κ3) is 5.35. The van der Waals surface area contributed by atoms with E-state index in [1.165, 1.54) is 5.56 Å². The third-order valence-electron chi connectivity index (χ3n) is 7.65. The van der Waals surface area contributed by atoms with Gasteiger partial charge in [0.15, 0.2) is 11.6 Å². The van der Waals surface area contributed by atoms with Gasteiger partial charge in [0, 0.05) is 11.8 Å². The molecule has 0 bridgehead atoms. The fraction of sp³-hybridized carbons (Fsp3) is 0.0789. The van der Waals surface area contributed by atoms with Gasteiger partial charge < -0.3 is 4.57 Å². The van der Waals surface area contributed by atoms with E-state index in [1.54, 1.807) is 18.6 Å². The maximum absolute atomic E-state index is 13.5. The van der Waals surface area contributed by atoms with Crippen LogP contribution in [-0.2, 0) is 12.0 Å². The Kier molecular flexibility index (Phi) is 7.69. The Morgan fingerprint density at radius 2 is 1.07 bits per heavy atom. The molecule has 0 atom stereocenters. The second-order valence-corrected chi connectivity index (χ2v) is 10.4. The van der Waals surface area contributed by atoms with E-state index in [4.69, 9.17) is 0 Å². The van der Waals surface area contributed by atoms with Gasteiger partial charge in [-0.2, -0.15) is 0 Å². The first-order valence-corrected chi connectivity index (χ1v) is 14.0. The molecule has 0 aliphatic heterocycles. The Hall–Kier alpha value is -5.35. The van der Waals surface area contributed by atoms with Crippen LogP contribution in [0.1, 0.15) is 55.1 Å². The number of ketones is 2. The lowest BCUT2D eigenvalue weighted by Gasteiger charge is -2.37. The number of hydrogen-bond acceptors (Lipinski definition) is 3. The molecule has 0 saturated heterocycles. The van der Waals surface area contributed by atoms with E-state index in [2.05, 4.69) is 53.5 Å². The molecule has 0 radical (unpaired) electrons. The number of benzene rings is 5. The van der Waals surface area contributed by atoms with Crippen LogP contribution in [0.5, 0.6) is 0 Å². The maximum atomic E-state index is 13.5. The fourth-order valence-corrected chi connectivity index (χ4v) is 5.66. The van der Waals surface area contributed by atoms with Crippen molar-refractivity contribution >= 4 is 11.6 Å². The highest BCUT2D eigenvalue weighted by atomic mass is 16.1. The van der Waals surface area contributed by atoms with Gasteiger partial charge in [0.2, 0.25) is 0 Å². The monoisotopic (exact) mass is 546 g/mol. The summed E-state index contributed by atoms with van der Waals surface area (Å²) in [5, 5.41) is 0. The number of rotatable bonds is 10. The Balaban J connectivity index is 1.33. The van der Waals surface area contributed by atoms with Gasteiger partial charge in [-0.15, -0.1) is 0 Å². The molecule has 0 saturated carbocycles. The molecule has 0 unspecified atom stereocenters. The lowest BCUT2D eigenvalue weighted by Crippen LogP contribution is -2.37. The summed E-state index contributed by atoms with van der Waals surface area (Å²) in [5.41, 5.74) is 5.31. The van der Waals surface area contributed by atoms with Crippen LogP contribution < -0.4 is 0 Å². The highest BCUT2D eigenvalue weighted by molar-refractivity contribution is 6.12. The minimum atomic E-state index is -0.773. The highest BCUT2D eigenvalue weighted by Gasteiger charge is 2.38. The normalized spacial score (nSPS) is 11.2. The number of imidazole rings is 1. The van der Waals surface area contributed by atoms with Crippen molar-refractivity contribution in [3.63, 3.8) is 0 Å². The number of nitrogens with zero attached hydrogens (tertiary/aromatic N) is 2. The van der Waals surface area contributed by atoms with Crippen LogP contribution in [0.4, 0.5) is 0 Å². The molecule has 0 N–H and O–H groups in total. The van der Waals surface area contributed by atoms with Crippen LogP contribution in [0.25, 0.3) is 0 Å². The van der Waals surface area contributed by atoms with Crippen molar-refractivity contribution in [3.05, 3.63) is 197 Å². The minimum Gasteiger partial charge on any atom is -0.318 e. The molecule has 42 heavy (non-hydrogen) atoms. The van der Waals surface area contributed by atoms with Crippen molar-refractivity contribution in [2.24, 2.45) is 0 Å². The molecule has 1 aromatic heterocycles. The van der Waals surface area contributed by atoms with Crippen LogP contribution in [0, 0.1) is 0 Å². The SMILES string of the molecule is O=C(CC(=O)c1cn(C(c2ccccc2)(c2ccccc2)c2ccccc2)cn1)c1cccc(Cc2ccccc2)c1. The lowest BCUT2D eigenvalue weighted by molar-refractivity contribution is 0.0891. The van der Waals surface area contributed by atoms with Gasteiger partial charge in [0.1, 0.15) is 11.2 Å². The van der Waals surface area contributed by atoms with Crippen molar-refractivity contribution in [2.45, 2.75) is 18.4 Å². The summed E-state index contributed by atoms with van der Waals surface area (Å²) in [6.07, 6.45) is 3.95. The van der Waals surface area contributed by atoms with Gasteiger partial charge in [0.25, 0.3) is 0 Å². The lowest BCUT2D eigenvalue weighted by atomic mass is 9.77. The molecule has 6 aromatic rings. The first kappa shape index (κ1) is 26.9. The Labute approximate surface area is 246 Å². The van der Waals surface area contributed by atoms with Crippen LogP contribution in [0.3, 0.4) is 0 Å². The Morgan fingerprint density at radius 1 is 0.571 bits per heavy atom.